The number of piperidine rings is 1. The van der Waals surface area contributed by atoms with Gasteiger partial charge in [-0.25, -0.2) is 4.98 Å². The van der Waals surface area contributed by atoms with Gasteiger partial charge in [-0.1, -0.05) is 0 Å². The Morgan fingerprint density at radius 1 is 0.842 bits per heavy atom. The van der Waals surface area contributed by atoms with E-state index < -0.39 is 10.0 Å². The predicted molar refractivity (Wildman–Crippen MR) is 140 cm³/mol. The van der Waals surface area contributed by atoms with E-state index in [0.717, 1.165) is 52.3 Å². The van der Waals surface area contributed by atoms with Gasteiger partial charge in [-0.3, -0.25) is 18.7 Å². The van der Waals surface area contributed by atoms with E-state index in [1.54, 1.807) is 46.0 Å². The number of aromatic nitrogens is 9. The Morgan fingerprint density at radius 2 is 1.66 bits per heavy atom. The van der Waals surface area contributed by atoms with E-state index in [1.807, 2.05) is 30.2 Å². The number of pyridine rings is 2. The number of aryl methyl sites for hydroxylation is 1. The lowest BCUT2D eigenvalue weighted by Crippen LogP contribution is -2.29. The summed E-state index contributed by atoms with van der Waals surface area (Å²) in [5.74, 6) is 0. The lowest BCUT2D eigenvalue weighted by atomic mass is 10.1. The van der Waals surface area contributed by atoms with Gasteiger partial charge in [-0.2, -0.15) is 27.8 Å². The Morgan fingerprint density at radius 3 is 2.47 bits per heavy atom. The average Bonchev–Trinajstić information content (AvgIpc) is 3.74. The van der Waals surface area contributed by atoms with Crippen molar-refractivity contribution in [2.24, 2.45) is 7.05 Å². The highest BCUT2D eigenvalue weighted by Gasteiger charge is 2.26. The van der Waals surface area contributed by atoms with Crippen molar-refractivity contribution in [1.82, 2.24) is 48.4 Å². The first-order chi connectivity index (χ1) is 18.5. The number of nitrogens with one attached hydrogen (secondary N) is 1. The van der Waals surface area contributed by atoms with Crippen LogP contribution in [0.25, 0.3) is 38.9 Å². The number of hydrogen-bond donors (Lipinski definition) is 1. The zero-order valence-corrected chi connectivity index (χ0v) is 21.3. The average molecular weight is 529 g/mol. The van der Waals surface area contributed by atoms with Gasteiger partial charge in [0.25, 0.3) is 0 Å². The summed E-state index contributed by atoms with van der Waals surface area (Å²) in [4.78, 5) is 8.80. The van der Waals surface area contributed by atoms with E-state index in [1.165, 1.54) is 12.4 Å². The first kappa shape index (κ1) is 22.8. The van der Waals surface area contributed by atoms with Gasteiger partial charge in [0.05, 0.1) is 30.8 Å². The van der Waals surface area contributed by atoms with E-state index in [2.05, 4.69) is 30.6 Å². The van der Waals surface area contributed by atoms with Crippen molar-refractivity contribution in [3.8, 4) is 22.3 Å². The van der Waals surface area contributed by atoms with Crippen molar-refractivity contribution in [3.05, 3.63) is 67.8 Å². The molecule has 0 aliphatic carbocycles. The number of rotatable bonds is 5. The van der Waals surface area contributed by atoms with Crippen LogP contribution in [0.1, 0.15) is 18.9 Å². The minimum Gasteiger partial charge on any atom is -0.317 e. The quantitative estimate of drug-likeness (QED) is 0.361. The first-order valence-electron chi connectivity index (χ1n) is 12.3. The van der Waals surface area contributed by atoms with Gasteiger partial charge in [0, 0.05) is 54.1 Å². The largest absolute Gasteiger partial charge is 0.317 e. The van der Waals surface area contributed by atoms with Crippen molar-refractivity contribution >= 4 is 26.7 Å². The third kappa shape index (κ3) is 3.70. The molecular formula is C25H24N10O2S. The Hall–Kier alpha value is -4.36. The second-order valence-corrected chi connectivity index (χ2v) is 11.2. The fraction of sp³-hybridized carbons (Fsp3) is 0.240. The predicted octanol–water partition coefficient (Wildman–Crippen LogP) is 2.50. The molecule has 6 aromatic rings. The molecule has 6 aromatic heterocycles. The molecule has 1 fully saturated rings. The maximum absolute atomic E-state index is 13.9. The summed E-state index contributed by atoms with van der Waals surface area (Å²) < 4.78 is 34.0. The Kier molecular flexibility index (Phi) is 5.16. The van der Waals surface area contributed by atoms with Crippen LogP contribution in [0.4, 0.5) is 0 Å². The normalized spacial score (nSPS) is 15.1. The fourth-order valence-electron chi connectivity index (χ4n) is 4.97. The third-order valence-electron chi connectivity index (χ3n) is 7.01. The topological polar surface area (TPSA) is 130 Å². The SMILES string of the molecule is Cn1cc(-c2ccc3ncc(S(=O)(=O)n4ncc5ncc(-c6cnn(C7CCNCC7)c6)cc54)n3c2)cn1. The molecule has 0 bridgehead atoms. The standard InChI is InChI=1S/C25H24N10O2S/c1-32-14-19(10-29-32)17-2-3-24-28-13-25(33(24)15-17)38(36,37)35-23-8-18(9-27-22(23)12-31-35)20-11-30-34(16-20)21-4-6-26-7-5-21/h2-3,8-16,21,26H,4-7H2,1H3. The maximum Gasteiger partial charge on any atom is 0.301 e. The molecule has 7 rings (SSSR count). The molecular weight excluding hydrogens is 504 g/mol. The van der Waals surface area contributed by atoms with Crippen LogP contribution >= 0.6 is 0 Å². The summed E-state index contributed by atoms with van der Waals surface area (Å²) in [5, 5.41) is 16.4. The van der Waals surface area contributed by atoms with Crippen molar-refractivity contribution in [1.29, 1.82) is 0 Å². The van der Waals surface area contributed by atoms with Crippen LogP contribution in [0.2, 0.25) is 0 Å². The molecule has 0 aromatic carbocycles. The molecule has 0 atom stereocenters. The van der Waals surface area contributed by atoms with Crippen LogP contribution in [0.5, 0.6) is 0 Å². The summed E-state index contributed by atoms with van der Waals surface area (Å²) in [6.45, 7) is 1.94. The Bertz CT molecular complexity index is 1910. The van der Waals surface area contributed by atoms with E-state index in [4.69, 9.17) is 0 Å². The summed E-state index contributed by atoms with van der Waals surface area (Å²) in [6, 6.07) is 5.81. The number of imidazole rings is 1. The maximum atomic E-state index is 13.9. The molecule has 38 heavy (non-hydrogen) atoms. The summed E-state index contributed by atoms with van der Waals surface area (Å²) in [5.41, 5.74) is 4.71. The minimum atomic E-state index is -4.09. The molecule has 0 amide bonds. The third-order valence-corrected chi connectivity index (χ3v) is 8.58. The highest BCUT2D eigenvalue weighted by Crippen LogP contribution is 2.28. The lowest BCUT2D eigenvalue weighted by molar-refractivity contribution is 0.343. The highest BCUT2D eigenvalue weighted by atomic mass is 32.2. The molecule has 1 saturated heterocycles. The molecule has 0 radical (unpaired) electrons. The summed E-state index contributed by atoms with van der Waals surface area (Å²) >= 11 is 0. The van der Waals surface area contributed by atoms with Crippen LogP contribution in [-0.2, 0) is 17.1 Å². The molecule has 12 nitrogen and oxygen atoms in total. The second kappa shape index (κ2) is 8.60. The van der Waals surface area contributed by atoms with E-state index in [0.29, 0.717) is 22.7 Å². The molecule has 1 aliphatic heterocycles. The number of fused-ring (bicyclic) bond motifs is 2. The van der Waals surface area contributed by atoms with Crippen LogP contribution < -0.4 is 5.32 Å². The van der Waals surface area contributed by atoms with E-state index in [9.17, 15) is 8.42 Å². The van der Waals surface area contributed by atoms with Gasteiger partial charge < -0.3 is 5.32 Å². The van der Waals surface area contributed by atoms with Gasteiger partial charge in [0.15, 0.2) is 5.03 Å². The van der Waals surface area contributed by atoms with E-state index in [-0.39, 0.29) is 5.03 Å². The zero-order valence-electron chi connectivity index (χ0n) is 20.5. The van der Waals surface area contributed by atoms with E-state index >= 15 is 0 Å². The first-order valence-corrected chi connectivity index (χ1v) is 13.7. The van der Waals surface area contributed by atoms with Gasteiger partial charge in [-0.05, 0) is 44.1 Å². The van der Waals surface area contributed by atoms with Gasteiger partial charge in [-0.15, -0.1) is 0 Å². The van der Waals surface area contributed by atoms with Gasteiger partial charge >= 0.3 is 10.0 Å². The molecule has 0 unspecified atom stereocenters. The van der Waals surface area contributed by atoms with Crippen LogP contribution in [0.15, 0.2) is 72.8 Å². The molecule has 0 saturated carbocycles. The monoisotopic (exact) mass is 528 g/mol. The molecule has 1 N–H and O–H groups in total. The molecule has 1 aliphatic rings. The zero-order chi connectivity index (χ0) is 25.9. The fourth-order valence-corrected chi connectivity index (χ4v) is 6.31. The van der Waals surface area contributed by atoms with Gasteiger partial charge in [0.1, 0.15) is 16.7 Å². The Balaban J connectivity index is 1.29. The minimum absolute atomic E-state index is 0.00682. The molecule has 7 heterocycles. The van der Waals surface area contributed by atoms with Crippen LogP contribution in [-0.4, -0.2) is 64.6 Å². The van der Waals surface area contributed by atoms with Crippen LogP contribution in [0, 0.1) is 0 Å². The van der Waals surface area contributed by atoms with Crippen molar-refractivity contribution in [2.45, 2.75) is 23.9 Å². The van der Waals surface area contributed by atoms with Crippen LogP contribution in [0.3, 0.4) is 0 Å². The van der Waals surface area contributed by atoms with Gasteiger partial charge in [0.2, 0.25) is 0 Å². The summed E-state index contributed by atoms with van der Waals surface area (Å²) in [6.07, 6.45) is 15.7. The number of hydrogen-bond acceptors (Lipinski definition) is 8. The highest BCUT2D eigenvalue weighted by molar-refractivity contribution is 7.90. The number of nitrogens with zero attached hydrogens (tertiary/aromatic N) is 9. The van der Waals surface area contributed by atoms with Crippen molar-refractivity contribution in [3.63, 3.8) is 0 Å². The second-order valence-electron chi connectivity index (χ2n) is 9.46. The lowest BCUT2D eigenvalue weighted by Gasteiger charge is -2.22. The molecule has 0 spiro atoms. The van der Waals surface area contributed by atoms with Crippen molar-refractivity contribution in [2.75, 3.05) is 13.1 Å². The molecule has 13 heteroatoms. The molecule has 192 valence electrons. The van der Waals surface area contributed by atoms with Crippen molar-refractivity contribution < 1.29 is 8.42 Å². The smallest absolute Gasteiger partial charge is 0.301 e. The summed E-state index contributed by atoms with van der Waals surface area (Å²) in [7, 11) is -2.26. The Labute approximate surface area is 217 Å².